The predicted octanol–water partition coefficient (Wildman–Crippen LogP) is 4.21. The Bertz CT molecular complexity index is 833. The number of carbonyl (C=O) groups excluding carboxylic acids is 1. The molecule has 2 heterocycles. The van der Waals surface area contributed by atoms with Gasteiger partial charge in [-0.05, 0) is 47.1 Å². The summed E-state index contributed by atoms with van der Waals surface area (Å²) in [4.78, 5) is 22.0. The highest BCUT2D eigenvalue weighted by atomic mass is 79.9. The van der Waals surface area contributed by atoms with Gasteiger partial charge in [0.05, 0.1) is 17.8 Å². The third-order valence-electron chi connectivity index (χ3n) is 3.33. The van der Waals surface area contributed by atoms with E-state index in [2.05, 4.69) is 31.2 Å². The Morgan fingerprint density at radius 1 is 1.26 bits per heavy atom. The molecule has 116 valence electrons. The highest BCUT2D eigenvalue weighted by Crippen LogP contribution is 2.27. The first kappa shape index (κ1) is 15.8. The molecular formula is C17H14BrN3OS. The molecule has 2 aromatic heterocycles. The highest BCUT2D eigenvalue weighted by Gasteiger charge is 2.13. The number of hydrogen-bond acceptors (Lipinski definition) is 4. The van der Waals surface area contributed by atoms with Crippen LogP contribution in [0.1, 0.15) is 20.9 Å². The number of aryl methyl sites for hydroxylation is 1. The van der Waals surface area contributed by atoms with Crippen LogP contribution < -0.4 is 5.32 Å². The van der Waals surface area contributed by atoms with Crippen LogP contribution in [-0.2, 0) is 6.54 Å². The minimum atomic E-state index is -0.104. The first-order valence-electron chi connectivity index (χ1n) is 7.04. The number of nitrogens with one attached hydrogen (secondary N) is 1. The summed E-state index contributed by atoms with van der Waals surface area (Å²) in [7, 11) is 0. The fraction of sp³-hybridized carbons (Fsp3) is 0.118. The molecule has 1 aromatic carbocycles. The lowest BCUT2D eigenvalue weighted by Gasteiger charge is -2.05. The topological polar surface area (TPSA) is 54.9 Å². The number of carbonyl (C=O) groups is 1. The normalized spacial score (nSPS) is 10.5. The third-order valence-corrected chi connectivity index (χ3v) is 5.23. The Morgan fingerprint density at radius 2 is 2.09 bits per heavy atom. The van der Waals surface area contributed by atoms with Crippen LogP contribution >= 0.6 is 27.3 Å². The summed E-state index contributed by atoms with van der Waals surface area (Å²) in [5.74, 6) is -0.104. The number of hydrogen-bond donors (Lipinski definition) is 1. The van der Waals surface area contributed by atoms with E-state index in [1.165, 1.54) is 0 Å². The zero-order valence-corrected chi connectivity index (χ0v) is 14.8. The number of thiazole rings is 1. The summed E-state index contributed by atoms with van der Waals surface area (Å²) in [6.45, 7) is 2.42. The van der Waals surface area contributed by atoms with E-state index in [0.717, 1.165) is 25.6 Å². The quantitative estimate of drug-likeness (QED) is 0.729. The molecule has 0 saturated heterocycles. The van der Waals surface area contributed by atoms with E-state index < -0.39 is 0 Å². The summed E-state index contributed by atoms with van der Waals surface area (Å²) < 4.78 is 0.787. The number of amides is 1. The molecule has 1 N–H and O–H groups in total. The Kier molecular flexibility index (Phi) is 4.83. The fourth-order valence-electron chi connectivity index (χ4n) is 2.11. The Labute approximate surface area is 146 Å². The minimum Gasteiger partial charge on any atom is -0.347 e. The number of rotatable bonds is 4. The summed E-state index contributed by atoms with van der Waals surface area (Å²) in [6, 6.07) is 11.2. The maximum absolute atomic E-state index is 12.3. The fourth-order valence-corrected chi connectivity index (χ4v) is 3.56. The second kappa shape index (κ2) is 7.02. The van der Waals surface area contributed by atoms with Crippen LogP contribution in [0, 0.1) is 6.92 Å². The van der Waals surface area contributed by atoms with Gasteiger partial charge in [0.1, 0.15) is 5.01 Å². The number of halogens is 1. The number of nitrogens with zero attached hydrogens (tertiary/aromatic N) is 2. The van der Waals surface area contributed by atoms with Gasteiger partial charge in [0.2, 0.25) is 0 Å². The van der Waals surface area contributed by atoms with E-state index >= 15 is 0 Å². The molecule has 0 aliphatic carbocycles. The summed E-state index contributed by atoms with van der Waals surface area (Å²) >= 11 is 4.97. The molecule has 3 aromatic rings. The van der Waals surface area contributed by atoms with E-state index in [-0.39, 0.29) is 5.91 Å². The van der Waals surface area contributed by atoms with Crippen LogP contribution in [0.3, 0.4) is 0 Å². The van der Waals surface area contributed by atoms with Crippen molar-refractivity contribution in [3.8, 4) is 10.6 Å². The smallest absolute Gasteiger partial charge is 0.252 e. The maximum atomic E-state index is 12.3. The third kappa shape index (κ3) is 3.65. The van der Waals surface area contributed by atoms with Crippen LogP contribution in [0.4, 0.5) is 0 Å². The van der Waals surface area contributed by atoms with Crippen LogP contribution in [0.2, 0.25) is 0 Å². The molecule has 0 aliphatic rings. The van der Waals surface area contributed by atoms with Crippen molar-refractivity contribution in [2.75, 3.05) is 0 Å². The van der Waals surface area contributed by atoms with E-state index in [1.54, 1.807) is 29.8 Å². The van der Waals surface area contributed by atoms with Gasteiger partial charge in [0.25, 0.3) is 5.91 Å². The van der Waals surface area contributed by atoms with E-state index in [9.17, 15) is 4.79 Å². The van der Waals surface area contributed by atoms with Crippen molar-refractivity contribution in [1.82, 2.24) is 15.3 Å². The van der Waals surface area contributed by atoms with Gasteiger partial charge in [-0.3, -0.25) is 9.78 Å². The van der Waals surface area contributed by atoms with Gasteiger partial charge in [-0.2, -0.15) is 0 Å². The standard InChI is InChI=1S/C17H14BrN3OS/c1-11-15(23-17(21-11)12-5-4-8-19-9-12)10-20-16(22)13-6-2-3-7-14(13)18/h2-9H,10H2,1H3,(H,20,22). The van der Waals surface area contributed by atoms with E-state index in [4.69, 9.17) is 0 Å². The predicted molar refractivity (Wildman–Crippen MR) is 95.4 cm³/mol. The van der Waals surface area contributed by atoms with Gasteiger partial charge in [-0.25, -0.2) is 4.98 Å². The average molecular weight is 388 g/mol. The van der Waals surface area contributed by atoms with Gasteiger partial charge < -0.3 is 5.32 Å². The lowest BCUT2D eigenvalue weighted by molar-refractivity contribution is 0.0950. The van der Waals surface area contributed by atoms with Crippen molar-refractivity contribution in [3.05, 3.63) is 69.4 Å². The van der Waals surface area contributed by atoms with Crippen molar-refractivity contribution < 1.29 is 4.79 Å². The number of pyridine rings is 1. The SMILES string of the molecule is Cc1nc(-c2cccnc2)sc1CNC(=O)c1ccccc1Br. The van der Waals surface area contributed by atoms with Gasteiger partial charge >= 0.3 is 0 Å². The molecule has 4 nitrogen and oxygen atoms in total. The van der Waals surface area contributed by atoms with Crippen LogP contribution in [-0.4, -0.2) is 15.9 Å². The molecular weight excluding hydrogens is 374 g/mol. The zero-order valence-electron chi connectivity index (χ0n) is 12.4. The minimum absolute atomic E-state index is 0.104. The lowest BCUT2D eigenvalue weighted by Crippen LogP contribution is -2.23. The molecule has 0 fully saturated rings. The molecule has 0 saturated carbocycles. The molecule has 6 heteroatoms. The van der Waals surface area contributed by atoms with Gasteiger partial charge in [0.15, 0.2) is 0 Å². The van der Waals surface area contributed by atoms with Crippen molar-refractivity contribution in [2.24, 2.45) is 0 Å². The first-order valence-corrected chi connectivity index (χ1v) is 8.65. The number of aromatic nitrogens is 2. The average Bonchev–Trinajstić information content (AvgIpc) is 2.95. The zero-order chi connectivity index (χ0) is 16.2. The van der Waals surface area contributed by atoms with Gasteiger partial charge in [-0.15, -0.1) is 11.3 Å². The van der Waals surface area contributed by atoms with Crippen LogP contribution in [0.15, 0.2) is 53.3 Å². The van der Waals surface area contributed by atoms with Gasteiger partial charge in [0, 0.05) is 27.3 Å². The molecule has 3 rings (SSSR count). The molecule has 1 amide bonds. The van der Waals surface area contributed by atoms with E-state index in [0.29, 0.717) is 12.1 Å². The van der Waals surface area contributed by atoms with Crippen molar-refractivity contribution >= 4 is 33.2 Å². The summed E-state index contributed by atoms with van der Waals surface area (Å²) in [6.07, 6.45) is 3.53. The molecule has 0 spiro atoms. The Hall–Kier alpha value is -2.05. The monoisotopic (exact) mass is 387 g/mol. The summed E-state index contributed by atoms with van der Waals surface area (Å²) in [5.41, 5.74) is 2.55. The largest absolute Gasteiger partial charge is 0.347 e. The molecule has 0 atom stereocenters. The maximum Gasteiger partial charge on any atom is 0.252 e. The van der Waals surface area contributed by atoms with E-state index in [1.807, 2.05) is 37.3 Å². The molecule has 0 radical (unpaired) electrons. The first-order chi connectivity index (χ1) is 11.1. The van der Waals surface area contributed by atoms with Crippen molar-refractivity contribution in [1.29, 1.82) is 0 Å². The molecule has 0 unspecified atom stereocenters. The van der Waals surface area contributed by atoms with Crippen LogP contribution in [0.25, 0.3) is 10.6 Å². The van der Waals surface area contributed by atoms with Gasteiger partial charge in [-0.1, -0.05) is 12.1 Å². The molecule has 0 aliphatic heterocycles. The second-order valence-corrected chi connectivity index (χ2v) is 6.87. The summed E-state index contributed by atoms with van der Waals surface area (Å²) in [5, 5.41) is 3.86. The number of benzene rings is 1. The lowest BCUT2D eigenvalue weighted by atomic mass is 10.2. The highest BCUT2D eigenvalue weighted by molar-refractivity contribution is 9.10. The molecule has 23 heavy (non-hydrogen) atoms. The van der Waals surface area contributed by atoms with Crippen LogP contribution in [0.5, 0.6) is 0 Å². The molecule has 0 bridgehead atoms. The Balaban J connectivity index is 1.73. The van der Waals surface area contributed by atoms with Crippen molar-refractivity contribution in [2.45, 2.75) is 13.5 Å². The Morgan fingerprint density at radius 3 is 2.83 bits per heavy atom. The second-order valence-electron chi connectivity index (χ2n) is 4.93. The van der Waals surface area contributed by atoms with Crippen molar-refractivity contribution in [3.63, 3.8) is 0 Å².